The van der Waals surface area contributed by atoms with Crippen LogP contribution in [0.3, 0.4) is 0 Å². The standard InChI is InChI=1S/C27H43N5.2ClH.Mn/c1-3-11-22-20(9-1)28-15-16-29-21-10-2-4-12-23(21)31-25-14-6-8-19-17-18-7-5-13-24(30-22)26(18)32-27(19)25;;;/h17,20-25,28-31H,1-16H2;2*1H;/q;;;+2/p-2/t20-,21-,22-,23-,24?,25?;;;/m1.../s1. The van der Waals surface area contributed by atoms with Gasteiger partial charge in [0.2, 0.25) is 0 Å². The van der Waals surface area contributed by atoms with E-state index in [1.54, 1.807) is 0 Å². The van der Waals surface area contributed by atoms with Crippen molar-refractivity contribution in [2.45, 2.75) is 126 Å². The Morgan fingerprint density at radius 1 is 0.629 bits per heavy atom. The topological polar surface area (TPSA) is 61.0 Å². The summed E-state index contributed by atoms with van der Waals surface area (Å²) in [5.41, 5.74) is 5.85. The van der Waals surface area contributed by atoms with Crippen molar-refractivity contribution in [3.8, 4) is 0 Å². The van der Waals surface area contributed by atoms with Crippen LogP contribution in [0.1, 0.15) is 112 Å². The van der Waals surface area contributed by atoms with Crippen LogP contribution in [0, 0.1) is 0 Å². The van der Waals surface area contributed by atoms with Gasteiger partial charge in [0.15, 0.2) is 0 Å². The Labute approximate surface area is 226 Å². The fourth-order valence-electron chi connectivity index (χ4n) is 7.41. The molecule has 1 aromatic rings. The third kappa shape index (κ3) is 6.57. The number of nitrogens with zero attached hydrogens (tertiary/aromatic N) is 1. The number of nitrogens with one attached hydrogen (secondary N) is 4. The largest absolute Gasteiger partial charge is 0.311 e. The monoisotopic (exact) mass is 562 g/mol. The summed E-state index contributed by atoms with van der Waals surface area (Å²) in [5, 5.41) is 16.1. The van der Waals surface area contributed by atoms with Gasteiger partial charge in [0.25, 0.3) is 0 Å². The molecular weight excluding hydrogens is 520 g/mol. The Hall–Kier alpha value is 0.0895. The quantitative estimate of drug-likeness (QED) is 0.327. The Bertz CT molecular complexity index is 766. The predicted octanol–water partition coefficient (Wildman–Crippen LogP) is 5.21. The number of aromatic nitrogens is 1. The van der Waals surface area contributed by atoms with Gasteiger partial charge in [-0.1, -0.05) is 31.7 Å². The minimum atomic E-state index is 0.00694. The molecule has 2 unspecified atom stereocenters. The molecule has 0 radical (unpaired) electrons. The van der Waals surface area contributed by atoms with E-state index >= 15 is 0 Å². The second-order valence-corrected chi connectivity index (χ2v) is 13.2. The van der Waals surface area contributed by atoms with E-state index in [2.05, 4.69) is 27.3 Å². The van der Waals surface area contributed by atoms with Crippen LogP contribution in [0.2, 0.25) is 0 Å². The number of rotatable bonds is 0. The van der Waals surface area contributed by atoms with E-state index < -0.39 is 0 Å². The third-order valence-electron chi connectivity index (χ3n) is 9.09. The van der Waals surface area contributed by atoms with Crippen LogP contribution in [0.15, 0.2) is 6.07 Å². The zero-order valence-electron chi connectivity index (χ0n) is 20.9. The maximum absolute atomic E-state index is 5.50. The molecule has 5 nitrogen and oxygen atoms in total. The van der Waals surface area contributed by atoms with Crippen molar-refractivity contribution < 1.29 is 13.1 Å². The van der Waals surface area contributed by atoms with E-state index in [1.807, 2.05) is 0 Å². The summed E-state index contributed by atoms with van der Waals surface area (Å²) in [4.78, 5) is 5.50. The first-order valence-corrected chi connectivity index (χ1v) is 17.4. The van der Waals surface area contributed by atoms with E-state index in [-0.39, 0.29) is 13.1 Å². The van der Waals surface area contributed by atoms with E-state index in [0.29, 0.717) is 36.3 Å². The van der Waals surface area contributed by atoms with Gasteiger partial charge in [-0.2, -0.15) is 0 Å². The fourth-order valence-corrected chi connectivity index (χ4v) is 7.41. The smallest absolute Gasteiger partial charge is 0.0609 e. The second kappa shape index (κ2) is 13.2. The van der Waals surface area contributed by atoms with Gasteiger partial charge in [-0.05, 0) is 75.3 Å². The van der Waals surface area contributed by atoms with Gasteiger partial charge in [0, 0.05) is 37.3 Å². The van der Waals surface area contributed by atoms with Gasteiger partial charge in [-0.15, -0.1) is 0 Å². The summed E-state index contributed by atoms with van der Waals surface area (Å²) < 4.78 is 0. The molecule has 1 aliphatic heterocycles. The summed E-state index contributed by atoms with van der Waals surface area (Å²) in [5.74, 6) is 0. The summed E-state index contributed by atoms with van der Waals surface area (Å²) in [7, 11) is 9.59. The van der Waals surface area contributed by atoms with Crippen molar-refractivity contribution in [1.82, 2.24) is 26.3 Å². The summed E-state index contributed by atoms with van der Waals surface area (Å²) in [6.45, 7) is 2.17. The number of aryl methyl sites for hydroxylation is 2. The molecule has 2 saturated carbocycles. The summed E-state index contributed by atoms with van der Waals surface area (Å²) in [6.07, 6.45) is 18.2. The molecule has 8 heteroatoms. The van der Waals surface area contributed by atoms with Gasteiger partial charge in [0.1, 0.15) is 0 Å². The van der Waals surface area contributed by atoms with Gasteiger partial charge in [-0.3, -0.25) is 4.98 Å². The predicted molar refractivity (Wildman–Crippen MR) is 142 cm³/mol. The van der Waals surface area contributed by atoms with Crippen LogP contribution < -0.4 is 21.3 Å². The number of fused-ring (bicyclic) bond motifs is 2. The molecule has 1 aromatic heterocycles. The third-order valence-corrected chi connectivity index (χ3v) is 9.09. The number of pyridine rings is 1. The maximum Gasteiger partial charge on any atom is 0.0609 e. The fraction of sp³-hybridized carbons (Fsp3) is 0.815. The zero-order valence-corrected chi connectivity index (χ0v) is 23.6. The molecule has 6 atom stereocenters. The van der Waals surface area contributed by atoms with Crippen LogP contribution in [-0.4, -0.2) is 42.2 Å². The van der Waals surface area contributed by atoms with Crippen molar-refractivity contribution in [2.75, 3.05) is 13.1 Å². The Balaban J connectivity index is 0.000000806. The van der Waals surface area contributed by atoms with Crippen LogP contribution in [-0.2, 0) is 26.0 Å². The molecule has 35 heavy (non-hydrogen) atoms. The molecule has 2 fully saturated rings. The van der Waals surface area contributed by atoms with Crippen LogP contribution >= 0.6 is 20.2 Å². The molecule has 0 saturated heterocycles. The van der Waals surface area contributed by atoms with Gasteiger partial charge in [0.05, 0.1) is 23.5 Å². The number of halogens is 2. The van der Waals surface area contributed by atoms with Crippen molar-refractivity contribution in [3.05, 3.63) is 28.6 Å². The molecule has 4 aliphatic carbocycles. The molecule has 6 rings (SSSR count). The minimum absolute atomic E-state index is 0.00694. The van der Waals surface area contributed by atoms with E-state index in [9.17, 15) is 0 Å². The minimum Gasteiger partial charge on any atom is -0.311 e. The maximum atomic E-state index is 5.50. The van der Waals surface area contributed by atoms with Crippen molar-refractivity contribution in [3.63, 3.8) is 0 Å². The van der Waals surface area contributed by atoms with Crippen LogP contribution in [0.4, 0.5) is 0 Å². The zero-order chi connectivity index (χ0) is 24.0. The second-order valence-electron chi connectivity index (χ2n) is 11.3. The van der Waals surface area contributed by atoms with E-state index in [0.717, 1.165) is 13.1 Å². The Morgan fingerprint density at radius 3 is 1.51 bits per heavy atom. The molecular formula is C27H43Cl2MnN5. The molecule has 197 valence electrons. The molecule has 0 aromatic carbocycles. The number of hydrogen-bond donors (Lipinski definition) is 4. The van der Waals surface area contributed by atoms with Crippen LogP contribution in [0.5, 0.6) is 0 Å². The van der Waals surface area contributed by atoms with Crippen LogP contribution in [0.25, 0.3) is 0 Å². The number of hydrogen-bond acceptors (Lipinski definition) is 5. The summed E-state index contributed by atoms with van der Waals surface area (Å²) >= 11 is 0.00694. The molecule has 4 N–H and O–H groups in total. The molecule has 2 heterocycles. The van der Waals surface area contributed by atoms with Gasteiger partial charge >= 0.3 is 33.3 Å². The van der Waals surface area contributed by atoms with Crippen molar-refractivity contribution in [2.24, 2.45) is 0 Å². The van der Waals surface area contributed by atoms with Crippen molar-refractivity contribution >= 4 is 20.2 Å². The van der Waals surface area contributed by atoms with Gasteiger partial charge in [-0.25, -0.2) is 0 Å². The molecule has 2 bridgehead atoms. The average molecular weight is 564 g/mol. The Kier molecular flexibility index (Phi) is 10.1. The molecule has 0 spiro atoms. The molecule has 0 amide bonds. The Morgan fingerprint density at radius 2 is 1.06 bits per heavy atom. The first-order chi connectivity index (χ1) is 17.3. The average Bonchev–Trinajstić information content (AvgIpc) is 2.88. The molecule has 5 aliphatic rings. The van der Waals surface area contributed by atoms with Crippen molar-refractivity contribution in [1.29, 1.82) is 0 Å². The van der Waals surface area contributed by atoms with E-state index in [4.69, 9.17) is 25.2 Å². The first-order valence-electron chi connectivity index (χ1n) is 14.2. The summed E-state index contributed by atoms with van der Waals surface area (Å²) in [6, 6.07) is 5.80. The SMILES string of the molecule is [Cl][Mn][Cl].c1c2c3nc4c1CCCC4N[C@@H]1CCCC[C@H]1NCCN[C@@H]1CCCC[C@H]1NC3CCC2. The first kappa shape index (κ1) is 26.7. The normalized spacial score (nSPS) is 35.3. The van der Waals surface area contributed by atoms with Gasteiger partial charge < -0.3 is 21.3 Å². The van der Waals surface area contributed by atoms with E-state index in [1.165, 1.54) is 112 Å².